The molecule has 11 nitrogen and oxygen atoms in total. The highest BCUT2D eigenvalue weighted by Crippen LogP contribution is 2.31. The number of aliphatic imine (C=N–C) groups is 1. The molecular formula is C31H39ClN6O5. The molecule has 2 heterocycles. The zero-order valence-electron chi connectivity index (χ0n) is 24.7. The van der Waals surface area contributed by atoms with Gasteiger partial charge in [-0.15, -0.1) is 0 Å². The Morgan fingerprint density at radius 1 is 1.23 bits per heavy atom. The normalized spacial score (nSPS) is 18.8. The molecule has 2 amide bonds. The zero-order valence-corrected chi connectivity index (χ0v) is 25.5. The van der Waals surface area contributed by atoms with Gasteiger partial charge in [-0.1, -0.05) is 30.3 Å². The number of carbonyl (C=O) groups is 2. The lowest BCUT2D eigenvalue weighted by Crippen LogP contribution is -2.47. The van der Waals surface area contributed by atoms with Gasteiger partial charge in [0.1, 0.15) is 17.4 Å². The molecule has 0 aliphatic carbocycles. The molecule has 0 spiro atoms. The third-order valence-electron chi connectivity index (χ3n) is 7.07. The van der Waals surface area contributed by atoms with Crippen molar-refractivity contribution in [3.63, 3.8) is 0 Å². The van der Waals surface area contributed by atoms with Crippen LogP contribution in [0.5, 0.6) is 5.75 Å². The number of hydrogen-bond acceptors (Lipinski definition) is 9. The van der Waals surface area contributed by atoms with Crippen LogP contribution >= 0.6 is 11.6 Å². The van der Waals surface area contributed by atoms with Crippen LogP contribution in [0.2, 0.25) is 0 Å². The highest BCUT2D eigenvalue weighted by Gasteiger charge is 2.32. The van der Waals surface area contributed by atoms with Gasteiger partial charge in [0.05, 0.1) is 31.0 Å². The summed E-state index contributed by atoms with van der Waals surface area (Å²) in [6, 6.07) is 13.1. The minimum absolute atomic E-state index is 0.0307. The second-order valence-corrected chi connectivity index (χ2v) is 10.7. The van der Waals surface area contributed by atoms with Crippen molar-refractivity contribution in [3.05, 3.63) is 71.9 Å². The third kappa shape index (κ3) is 8.50. The molecule has 2 aliphatic rings. The highest BCUT2D eigenvalue weighted by atomic mass is 35.5. The number of carbonyl (C=O) groups excluding carboxylic acids is 2. The monoisotopic (exact) mass is 610 g/mol. The molecule has 4 N–H and O–H groups in total. The molecule has 1 fully saturated rings. The summed E-state index contributed by atoms with van der Waals surface area (Å²) >= 11 is 6.59. The summed E-state index contributed by atoms with van der Waals surface area (Å²) in [4.78, 5) is 31.4. The fourth-order valence-electron chi connectivity index (χ4n) is 4.70. The van der Waals surface area contributed by atoms with E-state index in [9.17, 15) is 9.59 Å². The summed E-state index contributed by atoms with van der Waals surface area (Å²) in [5, 5.41) is 13.0. The standard InChI is InChI=1S/C31H39ClN6O5/c1-5-28(39)35-23-9-7-8-22(18-23)34-20-31(3)27(32)19-33-30(37-31)36-24-11-10-21(16-25(24)41-4)17-26(43-6-2)29(40)38-12-14-42-15-13-38/h5,7-11,16,18-19,26,34H,1,6,12-15,17,20H2,2-4H3,(H,35,39)(H2,33,36,37). The first-order valence-electron chi connectivity index (χ1n) is 14.2. The van der Waals surface area contributed by atoms with E-state index >= 15 is 0 Å². The molecule has 43 heavy (non-hydrogen) atoms. The molecule has 2 aromatic rings. The topological polar surface area (TPSA) is 126 Å². The fraction of sp³-hybridized carbons (Fsp3) is 0.387. The Bertz CT molecular complexity index is 1380. The molecule has 4 rings (SSSR count). The van der Waals surface area contributed by atoms with Gasteiger partial charge >= 0.3 is 0 Å². The van der Waals surface area contributed by atoms with E-state index in [0.29, 0.717) is 74.0 Å². The maximum atomic E-state index is 13.1. The molecule has 2 aliphatic heterocycles. The second-order valence-electron chi connectivity index (χ2n) is 10.2. The van der Waals surface area contributed by atoms with Crippen molar-refractivity contribution in [1.82, 2.24) is 10.2 Å². The van der Waals surface area contributed by atoms with Gasteiger partial charge in [-0.2, -0.15) is 0 Å². The van der Waals surface area contributed by atoms with Gasteiger partial charge in [0.15, 0.2) is 0 Å². The molecule has 230 valence electrons. The lowest BCUT2D eigenvalue weighted by Gasteiger charge is -2.31. The van der Waals surface area contributed by atoms with E-state index in [1.165, 1.54) is 6.08 Å². The summed E-state index contributed by atoms with van der Waals surface area (Å²) < 4.78 is 16.9. The van der Waals surface area contributed by atoms with Crippen LogP contribution in [-0.2, 0) is 25.5 Å². The van der Waals surface area contributed by atoms with Crippen LogP contribution < -0.4 is 26.0 Å². The number of methoxy groups -OCH3 is 1. The minimum atomic E-state index is -0.784. The number of nitrogens with one attached hydrogen (secondary N) is 4. The Hall–Kier alpha value is -4.06. The van der Waals surface area contributed by atoms with E-state index in [1.54, 1.807) is 24.3 Å². The highest BCUT2D eigenvalue weighted by molar-refractivity contribution is 6.31. The van der Waals surface area contributed by atoms with Gasteiger partial charge in [0.2, 0.25) is 11.9 Å². The Morgan fingerprint density at radius 2 is 2.00 bits per heavy atom. The van der Waals surface area contributed by atoms with E-state index in [2.05, 4.69) is 27.8 Å². The largest absolute Gasteiger partial charge is 0.495 e. The molecule has 2 aromatic carbocycles. The summed E-state index contributed by atoms with van der Waals surface area (Å²) in [5.74, 6) is 0.765. The summed E-state index contributed by atoms with van der Waals surface area (Å²) in [6.07, 6.45) is 2.75. The summed E-state index contributed by atoms with van der Waals surface area (Å²) in [7, 11) is 1.59. The Labute approximate surface area is 257 Å². The van der Waals surface area contributed by atoms with Gasteiger partial charge in [-0.05, 0) is 55.8 Å². The maximum absolute atomic E-state index is 13.1. The van der Waals surface area contributed by atoms with Gasteiger partial charge < -0.3 is 40.4 Å². The van der Waals surface area contributed by atoms with E-state index < -0.39 is 11.6 Å². The number of morpholine rings is 1. The molecular weight excluding hydrogens is 572 g/mol. The molecule has 2 unspecified atom stereocenters. The molecule has 0 radical (unpaired) electrons. The Balaban J connectivity index is 1.44. The van der Waals surface area contributed by atoms with Crippen LogP contribution in [0, 0.1) is 0 Å². The SMILES string of the molecule is C=CC(=O)Nc1cccc(NCC2(C)N=C(Nc3ccc(CC(OCC)C(=O)N4CCOCC4)cc3OC)NC=C2Cl)c1. The van der Waals surface area contributed by atoms with Crippen molar-refractivity contribution in [2.24, 2.45) is 4.99 Å². The van der Waals surface area contributed by atoms with Crippen molar-refractivity contribution in [3.8, 4) is 5.75 Å². The first-order chi connectivity index (χ1) is 20.7. The lowest BCUT2D eigenvalue weighted by molar-refractivity contribution is -0.147. The van der Waals surface area contributed by atoms with Crippen LogP contribution in [0.15, 0.2) is 71.3 Å². The second kappa shape index (κ2) is 14.9. The third-order valence-corrected chi connectivity index (χ3v) is 7.58. The van der Waals surface area contributed by atoms with Crippen molar-refractivity contribution in [1.29, 1.82) is 0 Å². The predicted molar refractivity (Wildman–Crippen MR) is 170 cm³/mol. The number of halogens is 1. The minimum Gasteiger partial charge on any atom is -0.495 e. The molecule has 1 saturated heterocycles. The van der Waals surface area contributed by atoms with Crippen molar-refractivity contribution in [2.45, 2.75) is 31.9 Å². The van der Waals surface area contributed by atoms with Gasteiger partial charge in [-0.3, -0.25) is 9.59 Å². The number of benzene rings is 2. The van der Waals surface area contributed by atoms with Gasteiger partial charge in [0.25, 0.3) is 5.91 Å². The molecule has 0 saturated carbocycles. The van der Waals surface area contributed by atoms with E-state index in [1.807, 2.05) is 50.2 Å². The molecule has 12 heteroatoms. The molecule has 0 bridgehead atoms. The van der Waals surface area contributed by atoms with Crippen LogP contribution in [0.1, 0.15) is 19.4 Å². The van der Waals surface area contributed by atoms with Crippen LogP contribution in [-0.4, -0.2) is 80.9 Å². The average Bonchev–Trinajstić information content (AvgIpc) is 3.02. The quantitative estimate of drug-likeness (QED) is 0.266. The fourth-order valence-corrected chi connectivity index (χ4v) is 4.86. The lowest BCUT2D eigenvalue weighted by atomic mass is 10.0. The van der Waals surface area contributed by atoms with Gasteiger partial charge in [0, 0.05) is 50.2 Å². The summed E-state index contributed by atoms with van der Waals surface area (Å²) in [6.45, 7) is 10.3. The number of amides is 2. The van der Waals surface area contributed by atoms with Crippen LogP contribution in [0.3, 0.4) is 0 Å². The molecule has 0 aromatic heterocycles. The van der Waals surface area contributed by atoms with E-state index in [4.69, 9.17) is 30.8 Å². The summed E-state index contributed by atoms with van der Waals surface area (Å²) in [5.41, 5.74) is 2.26. The zero-order chi connectivity index (χ0) is 30.8. The number of guanidine groups is 1. The Morgan fingerprint density at radius 3 is 2.72 bits per heavy atom. The van der Waals surface area contributed by atoms with Gasteiger partial charge in [-0.25, -0.2) is 4.99 Å². The van der Waals surface area contributed by atoms with Crippen molar-refractivity contribution in [2.75, 3.05) is 62.5 Å². The first-order valence-corrected chi connectivity index (χ1v) is 14.5. The number of ether oxygens (including phenoxy) is 3. The predicted octanol–water partition coefficient (Wildman–Crippen LogP) is 3.95. The maximum Gasteiger partial charge on any atom is 0.252 e. The van der Waals surface area contributed by atoms with Crippen LogP contribution in [0.25, 0.3) is 0 Å². The van der Waals surface area contributed by atoms with Crippen molar-refractivity contribution < 1.29 is 23.8 Å². The first kappa shape index (κ1) is 31.9. The average molecular weight is 611 g/mol. The Kier molecular flexibility index (Phi) is 11.0. The van der Waals surface area contributed by atoms with E-state index in [-0.39, 0.29) is 11.8 Å². The number of rotatable bonds is 12. The van der Waals surface area contributed by atoms with E-state index in [0.717, 1.165) is 11.3 Å². The smallest absolute Gasteiger partial charge is 0.252 e. The molecule has 2 atom stereocenters. The van der Waals surface area contributed by atoms with Crippen LogP contribution in [0.4, 0.5) is 17.1 Å². The number of hydrogen-bond donors (Lipinski definition) is 4. The number of anilines is 3. The number of nitrogens with zero attached hydrogens (tertiary/aromatic N) is 2. The van der Waals surface area contributed by atoms with Crippen molar-refractivity contribution >= 4 is 46.4 Å².